The van der Waals surface area contributed by atoms with Crippen LogP contribution in [0.4, 0.5) is 0 Å². The van der Waals surface area contributed by atoms with Crippen molar-refractivity contribution >= 4 is 11.8 Å². The Hall–Kier alpha value is -2.86. The molecule has 1 fully saturated rings. The van der Waals surface area contributed by atoms with Gasteiger partial charge in [-0.25, -0.2) is 5.48 Å². The van der Waals surface area contributed by atoms with Crippen LogP contribution in [0.15, 0.2) is 54.6 Å². The number of benzene rings is 2. The SMILES string of the molecule is C[C@H](C(=O)NO)N1CCCC(C)(c2ccc(OCc3ccccc3)cc2)C1=O. The molecule has 2 amide bonds. The van der Waals surface area contributed by atoms with Gasteiger partial charge in [-0.05, 0) is 49.9 Å². The number of carbonyl (C=O) groups excluding carboxylic acids is 2. The van der Waals surface area contributed by atoms with Crippen molar-refractivity contribution in [2.24, 2.45) is 0 Å². The number of carbonyl (C=O) groups is 2. The molecule has 2 N–H and O–H groups in total. The topological polar surface area (TPSA) is 78.9 Å². The van der Waals surface area contributed by atoms with E-state index in [0.29, 0.717) is 19.6 Å². The first-order valence-electron chi connectivity index (χ1n) is 9.48. The van der Waals surface area contributed by atoms with Crippen LogP contribution in [0.25, 0.3) is 0 Å². The van der Waals surface area contributed by atoms with Crippen molar-refractivity contribution in [2.45, 2.75) is 44.8 Å². The molecule has 0 spiro atoms. The minimum Gasteiger partial charge on any atom is -0.489 e. The summed E-state index contributed by atoms with van der Waals surface area (Å²) < 4.78 is 5.82. The van der Waals surface area contributed by atoms with Gasteiger partial charge in [-0.2, -0.15) is 0 Å². The average molecular weight is 382 g/mol. The summed E-state index contributed by atoms with van der Waals surface area (Å²) in [7, 11) is 0. The molecule has 0 aliphatic carbocycles. The first-order chi connectivity index (χ1) is 13.5. The van der Waals surface area contributed by atoms with Gasteiger partial charge in [-0.15, -0.1) is 0 Å². The molecule has 28 heavy (non-hydrogen) atoms. The van der Waals surface area contributed by atoms with E-state index in [0.717, 1.165) is 23.3 Å². The molecule has 0 saturated carbocycles. The lowest BCUT2D eigenvalue weighted by atomic mass is 9.74. The highest BCUT2D eigenvalue weighted by Gasteiger charge is 2.43. The second kappa shape index (κ2) is 8.44. The van der Waals surface area contributed by atoms with E-state index in [9.17, 15) is 9.59 Å². The fourth-order valence-electron chi connectivity index (χ4n) is 3.66. The standard InChI is InChI=1S/C22H26N2O4/c1-16(20(25)23-27)24-14-6-13-22(2,21(24)26)18-9-11-19(12-10-18)28-15-17-7-4-3-5-8-17/h3-5,7-12,16,27H,6,13-15H2,1-2H3,(H,23,25)/t16-,22?/m1/s1. The summed E-state index contributed by atoms with van der Waals surface area (Å²) >= 11 is 0. The van der Waals surface area contributed by atoms with Crippen LogP contribution in [0.3, 0.4) is 0 Å². The molecule has 6 nitrogen and oxygen atoms in total. The van der Waals surface area contributed by atoms with Crippen molar-refractivity contribution < 1.29 is 19.5 Å². The van der Waals surface area contributed by atoms with Crippen LogP contribution in [0.5, 0.6) is 5.75 Å². The quantitative estimate of drug-likeness (QED) is 0.595. The maximum atomic E-state index is 13.1. The van der Waals surface area contributed by atoms with Crippen LogP contribution in [-0.2, 0) is 21.6 Å². The summed E-state index contributed by atoms with van der Waals surface area (Å²) in [5.41, 5.74) is 2.91. The Morgan fingerprint density at radius 3 is 2.54 bits per heavy atom. The Bertz CT molecular complexity index is 822. The molecule has 2 aromatic carbocycles. The lowest BCUT2D eigenvalue weighted by molar-refractivity contribution is -0.149. The van der Waals surface area contributed by atoms with E-state index < -0.39 is 17.4 Å². The number of amides is 2. The Balaban J connectivity index is 1.72. The molecule has 1 heterocycles. The summed E-state index contributed by atoms with van der Waals surface area (Å²) in [5, 5.41) is 8.88. The molecular weight excluding hydrogens is 356 g/mol. The Labute approximate surface area is 165 Å². The lowest BCUT2D eigenvalue weighted by Gasteiger charge is -2.42. The van der Waals surface area contributed by atoms with Gasteiger partial charge < -0.3 is 9.64 Å². The molecule has 0 aromatic heterocycles. The summed E-state index contributed by atoms with van der Waals surface area (Å²) in [5.74, 6) is 0.0550. The van der Waals surface area contributed by atoms with E-state index >= 15 is 0 Å². The van der Waals surface area contributed by atoms with Gasteiger partial charge in [0.1, 0.15) is 18.4 Å². The monoisotopic (exact) mass is 382 g/mol. The normalized spacial score (nSPS) is 20.5. The van der Waals surface area contributed by atoms with E-state index in [1.54, 1.807) is 12.4 Å². The van der Waals surface area contributed by atoms with Gasteiger partial charge >= 0.3 is 0 Å². The van der Waals surface area contributed by atoms with Crippen molar-refractivity contribution in [3.8, 4) is 5.75 Å². The third kappa shape index (κ3) is 4.02. The predicted octanol–water partition coefficient (Wildman–Crippen LogP) is 3.04. The summed E-state index contributed by atoms with van der Waals surface area (Å²) in [4.78, 5) is 26.4. The highest BCUT2D eigenvalue weighted by atomic mass is 16.5. The molecule has 2 aromatic rings. The first kappa shape index (κ1) is 19.9. The van der Waals surface area contributed by atoms with Crippen LogP contribution >= 0.6 is 0 Å². The number of hydrogen-bond acceptors (Lipinski definition) is 4. The van der Waals surface area contributed by atoms with Crippen molar-refractivity contribution in [3.05, 3.63) is 65.7 Å². The lowest BCUT2D eigenvalue weighted by Crippen LogP contribution is -2.56. The average Bonchev–Trinajstić information content (AvgIpc) is 2.74. The van der Waals surface area contributed by atoms with E-state index in [2.05, 4.69) is 0 Å². The molecular formula is C22H26N2O4. The van der Waals surface area contributed by atoms with E-state index in [1.165, 1.54) is 4.90 Å². The summed E-state index contributed by atoms with van der Waals surface area (Å²) in [6.07, 6.45) is 1.50. The van der Waals surface area contributed by atoms with Crippen LogP contribution in [0.2, 0.25) is 0 Å². The highest BCUT2D eigenvalue weighted by molar-refractivity contribution is 5.93. The minimum absolute atomic E-state index is 0.104. The smallest absolute Gasteiger partial charge is 0.265 e. The van der Waals surface area contributed by atoms with Gasteiger partial charge in [0.05, 0.1) is 5.41 Å². The zero-order valence-corrected chi connectivity index (χ0v) is 16.2. The third-order valence-electron chi connectivity index (χ3n) is 5.51. The molecule has 1 aliphatic heterocycles. The van der Waals surface area contributed by atoms with Crippen molar-refractivity contribution in [2.75, 3.05) is 6.54 Å². The van der Waals surface area contributed by atoms with Crippen LogP contribution < -0.4 is 10.2 Å². The molecule has 1 unspecified atom stereocenters. The third-order valence-corrected chi connectivity index (χ3v) is 5.51. The van der Waals surface area contributed by atoms with Gasteiger partial charge in [-0.3, -0.25) is 14.8 Å². The largest absolute Gasteiger partial charge is 0.489 e. The maximum absolute atomic E-state index is 13.1. The van der Waals surface area contributed by atoms with Crippen molar-refractivity contribution in [1.29, 1.82) is 0 Å². The zero-order chi connectivity index (χ0) is 20.1. The molecule has 3 rings (SSSR count). The number of ether oxygens (including phenoxy) is 1. The molecule has 0 radical (unpaired) electrons. The maximum Gasteiger partial charge on any atom is 0.265 e. The first-order valence-corrected chi connectivity index (χ1v) is 9.48. The molecule has 1 aliphatic rings. The number of piperidine rings is 1. The van der Waals surface area contributed by atoms with Crippen molar-refractivity contribution in [1.82, 2.24) is 10.4 Å². The molecule has 1 saturated heterocycles. The van der Waals surface area contributed by atoms with Crippen LogP contribution in [-0.4, -0.2) is 34.5 Å². The minimum atomic E-state index is -0.717. The van der Waals surface area contributed by atoms with E-state index in [-0.39, 0.29) is 5.91 Å². The predicted molar refractivity (Wildman–Crippen MR) is 105 cm³/mol. The van der Waals surface area contributed by atoms with Gasteiger partial charge in [0.25, 0.3) is 5.91 Å². The number of nitrogens with zero attached hydrogens (tertiary/aromatic N) is 1. The fraction of sp³-hybridized carbons (Fsp3) is 0.364. The number of likely N-dealkylation sites (tertiary alicyclic amines) is 1. The van der Waals surface area contributed by atoms with Gasteiger partial charge in [-0.1, -0.05) is 42.5 Å². The second-order valence-corrected chi connectivity index (χ2v) is 7.38. The van der Waals surface area contributed by atoms with Gasteiger partial charge in [0, 0.05) is 6.54 Å². The summed E-state index contributed by atoms with van der Waals surface area (Å²) in [6.45, 7) is 4.51. The van der Waals surface area contributed by atoms with Gasteiger partial charge in [0.15, 0.2) is 0 Å². The number of nitrogens with one attached hydrogen (secondary N) is 1. The molecule has 2 atom stereocenters. The zero-order valence-electron chi connectivity index (χ0n) is 16.2. The Morgan fingerprint density at radius 2 is 1.89 bits per heavy atom. The summed E-state index contributed by atoms with van der Waals surface area (Å²) in [6, 6.07) is 16.8. The molecule has 6 heteroatoms. The Morgan fingerprint density at radius 1 is 1.21 bits per heavy atom. The fourth-order valence-corrected chi connectivity index (χ4v) is 3.66. The second-order valence-electron chi connectivity index (χ2n) is 7.38. The van der Waals surface area contributed by atoms with E-state index in [1.807, 2.05) is 61.5 Å². The van der Waals surface area contributed by atoms with Crippen molar-refractivity contribution in [3.63, 3.8) is 0 Å². The number of hydrogen-bond donors (Lipinski definition) is 2. The number of rotatable bonds is 6. The molecule has 0 bridgehead atoms. The van der Waals surface area contributed by atoms with Gasteiger partial charge in [0.2, 0.25) is 5.91 Å². The van der Waals surface area contributed by atoms with Crippen LogP contribution in [0, 0.1) is 0 Å². The highest BCUT2D eigenvalue weighted by Crippen LogP contribution is 2.36. The van der Waals surface area contributed by atoms with Crippen LogP contribution in [0.1, 0.15) is 37.8 Å². The Kier molecular flexibility index (Phi) is 5.99. The van der Waals surface area contributed by atoms with E-state index in [4.69, 9.17) is 9.94 Å². The molecule has 148 valence electrons. The number of hydroxylamine groups is 1.